The van der Waals surface area contributed by atoms with Gasteiger partial charge in [0.1, 0.15) is 11.9 Å². The van der Waals surface area contributed by atoms with Crippen LogP contribution < -0.4 is 10.5 Å². The molecule has 100 valence electrons. The van der Waals surface area contributed by atoms with Crippen LogP contribution in [0, 0.1) is 0 Å². The topological polar surface area (TPSA) is 55.5 Å². The molecular weight excluding hydrogens is 262 g/mol. The van der Waals surface area contributed by atoms with Crippen molar-refractivity contribution in [3.8, 4) is 5.75 Å². The maximum atomic E-state index is 10.3. The lowest BCUT2D eigenvalue weighted by atomic mass is 10.0. The Morgan fingerprint density at radius 1 is 1.16 bits per heavy atom. The van der Waals surface area contributed by atoms with Crippen molar-refractivity contribution >= 4 is 17.3 Å². The largest absolute Gasteiger partial charge is 0.494 e. The SMILES string of the molecule is CCOc1ccc([C@H](O)c2ccc(Cl)c(N)c2)cc1. The number of halogens is 1. The lowest BCUT2D eigenvalue weighted by Crippen LogP contribution is -2.01. The molecule has 0 saturated carbocycles. The number of nitrogens with two attached hydrogens (primary N) is 1. The van der Waals surface area contributed by atoms with Crippen LogP contribution in [0.15, 0.2) is 42.5 Å². The Morgan fingerprint density at radius 3 is 2.37 bits per heavy atom. The number of aliphatic hydroxyl groups is 1. The number of benzene rings is 2. The van der Waals surface area contributed by atoms with Crippen molar-refractivity contribution in [1.82, 2.24) is 0 Å². The minimum absolute atomic E-state index is 0.462. The van der Waals surface area contributed by atoms with Crippen LogP contribution in [0.3, 0.4) is 0 Å². The molecular formula is C15H16ClNO2. The number of aliphatic hydroxyl groups excluding tert-OH is 1. The Hall–Kier alpha value is -1.71. The number of anilines is 1. The third-order valence-corrected chi connectivity index (χ3v) is 3.19. The van der Waals surface area contributed by atoms with Crippen molar-refractivity contribution in [3.05, 3.63) is 58.6 Å². The zero-order valence-electron chi connectivity index (χ0n) is 10.6. The van der Waals surface area contributed by atoms with E-state index < -0.39 is 6.10 Å². The summed E-state index contributed by atoms with van der Waals surface area (Å²) in [6, 6.07) is 12.5. The molecule has 19 heavy (non-hydrogen) atoms. The minimum atomic E-state index is -0.727. The van der Waals surface area contributed by atoms with E-state index in [2.05, 4.69) is 0 Å². The fourth-order valence-corrected chi connectivity index (χ4v) is 1.96. The van der Waals surface area contributed by atoms with Gasteiger partial charge in [0, 0.05) is 0 Å². The zero-order chi connectivity index (χ0) is 13.8. The molecule has 0 unspecified atom stereocenters. The Bertz CT molecular complexity index is 555. The molecule has 0 bridgehead atoms. The number of rotatable bonds is 4. The summed E-state index contributed by atoms with van der Waals surface area (Å²) in [6.45, 7) is 2.55. The van der Waals surface area contributed by atoms with E-state index in [4.69, 9.17) is 22.1 Å². The standard InChI is InChI=1S/C15H16ClNO2/c1-2-19-12-6-3-10(4-7-12)15(18)11-5-8-13(16)14(17)9-11/h3-9,15,18H,2,17H2,1H3/t15-/m0/s1. The van der Waals surface area contributed by atoms with Crippen molar-refractivity contribution in [2.24, 2.45) is 0 Å². The van der Waals surface area contributed by atoms with Gasteiger partial charge >= 0.3 is 0 Å². The predicted octanol–water partition coefficient (Wildman–Crippen LogP) is 3.40. The molecule has 3 N–H and O–H groups in total. The van der Waals surface area contributed by atoms with Crippen molar-refractivity contribution in [2.45, 2.75) is 13.0 Å². The van der Waals surface area contributed by atoms with Crippen LogP contribution in [0.2, 0.25) is 5.02 Å². The Kier molecular flexibility index (Phi) is 4.30. The van der Waals surface area contributed by atoms with Gasteiger partial charge in [-0.1, -0.05) is 29.8 Å². The number of hydrogen-bond acceptors (Lipinski definition) is 3. The van der Waals surface area contributed by atoms with Crippen LogP contribution >= 0.6 is 11.6 Å². The van der Waals surface area contributed by atoms with Gasteiger partial charge in [-0.2, -0.15) is 0 Å². The summed E-state index contributed by atoms with van der Waals surface area (Å²) in [4.78, 5) is 0. The molecule has 1 atom stereocenters. The van der Waals surface area contributed by atoms with Gasteiger partial charge < -0.3 is 15.6 Å². The second-order valence-electron chi connectivity index (χ2n) is 4.19. The van der Waals surface area contributed by atoms with Crippen LogP contribution in [0.4, 0.5) is 5.69 Å². The molecule has 4 heteroatoms. The van der Waals surface area contributed by atoms with E-state index in [1.54, 1.807) is 18.2 Å². The minimum Gasteiger partial charge on any atom is -0.494 e. The summed E-state index contributed by atoms with van der Waals surface area (Å²) in [5.41, 5.74) is 7.70. The first kappa shape index (κ1) is 13.7. The van der Waals surface area contributed by atoms with Gasteiger partial charge in [0.05, 0.1) is 17.3 Å². The molecule has 0 aromatic heterocycles. The first-order chi connectivity index (χ1) is 9.11. The molecule has 0 amide bonds. The molecule has 2 aromatic carbocycles. The monoisotopic (exact) mass is 277 g/mol. The number of ether oxygens (including phenoxy) is 1. The van der Waals surface area contributed by atoms with Crippen molar-refractivity contribution in [2.75, 3.05) is 12.3 Å². The van der Waals surface area contributed by atoms with E-state index in [9.17, 15) is 5.11 Å². The molecule has 0 aliphatic rings. The van der Waals surface area contributed by atoms with Crippen LogP contribution in [-0.2, 0) is 0 Å². The summed E-state index contributed by atoms with van der Waals surface area (Å²) in [5, 5.41) is 10.8. The van der Waals surface area contributed by atoms with Gasteiger partial charge in [-0.25, -0.2) is 0 Å². The first-order valence-electron chi connectivity index (χ1n) is 6.07. The predicted molar refractivity (Wildman–Crippen MR) is 77.5 cm³/mol. The molecule has 0 aliphatic heterocycles. The summed E-state index contributed by atoms with van der Waals surface area (Å²) in [7, 11) is 0. The van der Waals surface area contributed by atoms with E-state index in [0.29, 0.717) is 22.9 Å². The quantitative estimate of drug-likeness (QED) is 0.842. The molecule has 0 aliphatic carbocycles. The Labute approximate surface area is 117 Å². The lowest BCUT2D eigenvalue weighted by Gasteiger charge is -2.13. The molecule has 0 fully saturated rings. The summed E-state index contributed by atoms with van der Waals surface area (Å²) >= 11 is 5.86. The van der Waals surface area contributed by atoms with Crippen LogP contribution in [-0.4, -0.2) is 11.7 Å². The summed E-state index contributed by atoms with van der Waals surface area (Å²) in [5.74, 6) is 0.786. The van der Waals surface area contributed by atoms with Crippen LogP contribution in [0.5, 0.6) is 5.75 Å². The first-order valence-corrected chi connectivity index (χ1v) is 6.45. The molecule has 3 nitrogen and oxygen atoms in total. The highest BCUT2D eigenvalue weighted by atomic mass is 35.5. The Balaban J connectivity index is 2.22. The van der Waals surface area contributed by atoms with E-state index >= 15 is 0 Å². The van der Waals surface area contributed by atoms with Crippen LogP contribution in [0.25, 0.3) is 0 Å². The van der Waals surface area contributed by atoms with E-state index in [1.165, 1.54) is 0 Å². The fraction of sp³-hybridized carbons (Fsp3) is 0.200. The summed E-state index contributed by atoms with van der Waals surface area (Å²) in [6.07, 6.45) is -0.727. The molecule has 0 spiro atoms. The highest BCUT2D eigenvalue weighted by Gasteiger charge is 2.11. The average molecular weight is 278 g/mol. The molecule has 2 rings (SSSR count). The second kappa shape index (κ2) is 5.95. The molecule has 0 heterocycles. The van der Waals surface area contributed by atoms with E-state index in [0.717, 1.165) is 11.3 Å². The zero-order valence-corrected chi connectivity index (χ0v) is 11.4. The third-order valence-electron chi connectivity index (χ3n) is 2.84. The highest BCUT2D eigenvalue weighted by Crippen LogP contribution is 2.28. The van der Waals surface area contributed by atoms with Gasteiger partial charge in [0.2, 0.25) is 0 Å². The molecule has 2 aromatic rings. The molecule has 0 saturated heterocycles. The maximum absolute atomic E-state index is 10.3. The summed E-state index contributed by atoms with van der Waals surface area (Å²) < 4.78 is 5.36. The van der Waals surface area contributed by atoms with E-state index in [1.807, 2.05) is 31.2 Å². The number of hydrogen-bond donors (Lipinski definition) is 2. The van der Waals surface area contributed by atoms with Crippen molar-refractivity contribution in [3.63, 3.8) is 0 Å². The highest BCUT2D eigenvalue weighted by molar-refractivity contribution is 6.33. The van der Waals surface area contributed by atoms with Gasteiger partial charge in [-0.3, -0.25) is 0 Å². The maximum Gasteiger partial charge on any atom is 0.119 e. The van der Waals surface area contributed by atoms with Gasteiger partial charge in [0.25, 0.3) is 0 Å². The lowest BCUT2D eigenvalue weighted by molar-refractivity contribution is 0.220. The van der Waals surface area contributed by atoms with Crippen molar-refractivity contribution < 1.29 is 9.84 Å². The Morgan fingerprint density at radius 2 is 1.79 bits per heavy atom. The van der Waals surface area contributed by atoms with Crippen LogP contribution in [0.1, 0.15) is 24.2 Å². The van der Waals surface area contributed by atoms with Gasteiger partial charge in [-0.15, -0.1) is 0 Å². The third kappa shape index (κ3) is 3.19. The normalized spacial score (nSPS) is 12.2. The smallest absolute Gasteiger partial charge is 0.119 e. The van der Waals surface area contributed by atoms with Crippen molar-refractivity contribution in [1.29, 1.82) is 0 Å². The van der Waals surface area contributed by atoms with Gasteiger partial charge in [-0.05, 0) is 42.3 Å². The van der Waals surface area contributed by atoms with Gasteiger partial charge in [0.15, 0.2) is 0 Å². The van der Waals surface area contributed by atoms with E-state index in [-0.39, 0.29) is 0 Å². The average Bonchev–Trinajstić information content (AvgIpc) is 2.42. The second-order valence-corrected chi connectivity index (χ2v) is 4.59. The molecule has 0 radical (unpaired) electrons. The number of nitrogen functional groups attached to an aromatic ring is 1. The fourth-order valence-electron chi connectivity index (χ4n) is 1.84.